The third-order valence-electron chi connectivity index (χ3n) is 2.23. The van der Waals surface area contributed by atoms with Crippen LogP contribution in [0.3, 0.4) is 0 Å². The molecule has 0 atom stereocenters. The molecule has 82 valence electrons. The van der Waals surface area contributed by atoms with E-state index in [2.05, 4.69) is 0 Å². The molecule has 0 saturated carbocycles. The fourth-order valence-corrected chi connectivity index (χ4v) is 1.66. The molecule has 0 radical (unpaired) electrons. The van der Waals surface area contributed by atoms with E-state index in [0.717, 1.165) is 6.07 Å². The number of benzene rings is 2. The third-order valence-corrected chi connectivity index (χ3v) is 2.56. The van der Waals surface area contributed by atoms with Gasteiger partial charge in [0, 0.05) is 16.1 Å². The number of hydrogen-bond donors (Lipinski definition) is 1. The quantitative estimate of drug-likeness (QED) is 0.799. The van der Waals surface area contributed by atoms with Crippen LogP contribution in [0.15, 0.2) is 36.4 Å². The van der Waals surface area contributed by atoms with E-state index in [1.807, 2.05) is 0 Å². The van der Waals surface area contributed by atoms with Crippen molar-refractivity contribution < 1.29 is 13.9 Å². The lowest BCUT2D eigenvalue weighted by atomic mass is 10.0. The van der Waals surface area contributed by atoms with Crippen molar-refractivity contribution in [2.75, 3.05) is 0 Å². The Balaban J connectivity index is 2.66. The fourth-order valence-electron chi connectivity index (χ4n) is 1.43. The lowest BCUT2D eigenvalue weighted by Gasteiger charge is -2.07. The molecule has 1 N–H and O–H groups in total. The van der Waals surface area contributed by atoms with Crippen molar-refractivity contribution in [2.45, 2.75) is 0 Å². The van der Waals surface area contributed by atoms with Crippen LogP contribution >= 0.6 is 11.6 Å². The predicted octanol–water partition coefficient (Wildman–Crippen LogP) is 3.99. The molecule has 2 aromatic carbocycles. The van der Waals surface area contributed by atoms with Crippen LogP contribution in [0.2, 0.25) is 5.02 Å². The zero-order valence-corrected chi connectivity index (χ0v) is 8.80. The minimum atomic E-state index is -1.27. The zero-order chi connectivity index (χ0) is 11.7. The molecule has 0 bridgehead atoms. The van der Waals surface area contributed by atoms with Crippen LogP contribution < -0.4 is 0 Å². The Morgan fingerprint density at radius 3 is 2.25 bits per heavy atom. The molecule has 0 aliphatic carbocycles. The molecule has 0 amide bonds. The molecule has 2 rings (SSSR count). The van der Waals surface area contributed by atoms with Crippen LogP contribution in [-0.2, 0) is 0 Å². The van der Waals surface area contributed by atoms with Crippen molar-refractivity contribution >= 4 is 11.6 Å². The third kappa shape index (κ3) is 1.74. The second kappa shape index (κ2) is 4.10. The summed E-state index contributed by atoms with van der Waals surface area (Å²) in [5.74, 6) is -3.08. The monoisotopic (exact) mass is 240 g/mol. The van der Waals surface area contributed by atoms with E-state index in [-0.39, 0.29) is 5.56 Å². The first-order chi connectivity index (χ1) is 7.61. The maximum Gasteiger partial charge on any atom is 0.200 e. The molecule has 0 unspecified atom stereocenters. The van der Waals surface area contributed by atoms with E-state index in [1.54, 1.807) is 24.3 Å². The van der Waals surface area contributed by atoms with Crippen LogP contribution in [0.5, 0.6) is 5.75 Å². The smallest absolute Gasteiger partial charge is 0.200 e. The minimum Gasteiger partial charge on any atom is -0.505 e. The van der Waals surface area contributed by atoms with Gasteiger partial charge in [0.2, 0.25) is 5.82 Å². The second-order valence-corrected chi connectivity index (χ2v) is 3.65. The first-order valence-corrected chi connectivity index (χ1v) is 4.91. The summed E-state index contributed by atoms with van der Waals surface area (Å²) in [5, 5.41) is 9.32. The summed E-state index contributed by atoms with van der Waals surface area (Å²) in [7, 11) is 0. The lowest BCUT2D eigenvalue weighted by molar-refractivity contribution is 0.408. The van der Waals surface area contributed by atoms with Gasteiger partial charge in [-0.2, -0.15) is 4.39 Å². The average Bonchev–Trinajstić information content (AvgIpc) is 2.28. The SMILES string of the molecule is Oc1ccc(-c2ccccc2Cl)c(F)c1F. The normalized spacial score (nSPS) is 10.4. The number of aromatic hydroxyl groups is 1. The van der Waals surface area contributed by atoms with Gasteiger partial charge in [-0.05, 0) is 18.2 Å². The molecule has 0 heterocycles. The molecule has 0 aliphatic rings. The summed E-state index contributed by atoms with van der Waals surface area (Å²) in [6, 6.07) is 8.91. The Hall–Kier alpha value is -1.61. The van der Waals surface area contributed by atoms with Gasteiger partial charge in [-0.3, -0.25) is 0 Å². The van der Waals surface area contributed by atoms with Crippen molar-refractivity contribution in [3.05, 3.63) is 53.1 Å². The van der Waals surface area contributed by atoms with Crippen molar-refractivity contribution in [2.24, 2.45) is 0 Å². The molecular formula is C12H7ClF2O. The number of phenolic OH excluding ortho intramolecular Hbond substituents is 1. The number of halogens is 3. The first kappa shape index (κ1) is 10.9. The molecule has 0 saturated heterocycles. The van der Waals surface area contributed by atoms with E-state index in [4.69, 9.17) is 16.7 Å². The van der Waals surface area contributed by atoms with Crippen molar-refractivity contribution in [3.63, 3.8) is 0 Å². The van der Waals surface area contributed by atoms with Crippen molar-refractivity contribution in [3.8, 4) is 16.9 Å². The molecule has 1 nitrogen and oxygen atoms in total. The summed E-state index contributed by atoms with van der Waals surface area (Å²) in [5.41, 5.74) is 0.418. The van der Waals surface area contributed by atoms with Crippen LogP contribution in [0.25, 0.3) is 11.1 Å². The van der Waals surface area contributed by atoms with E-state index in [9.17, 15) is 8.78 Å². The topological polar surface area (TPSA) is 20.2 Å². The average molecular weight is 241 g/mol. The molecule has 0 spiro atoms. The Labute approximate surface area is 95.9 Å². The van der Waals surface area contributed by atoms with Gasteiger partial charge in [0.15, 0.2) is 11.6 Å². The highest BCUT2D eigenvalue weighted by Crippen LogP contribution is 2.33. The summed E-state index contributed by atoms with van der Waals surface area (Å²) in [6.07, 6.45) is 0. The van der Waals surface area contributed by atoms with E-state index in [0.29, 0.717) is 10.6 Å². The van der Waals surface area contributed by atoms with Crippen LogP contribution in [0.1, 0.15) is 0 Å². The highest BCUT2D eigenvalue weighted by Gasteiger charge is 2.15. The molecule has 4 heteroatoms. The minimum absolute atomic E-state index is 0.0286. The van der Waals surface area contributed by atoms with E-state index < -0.39 is 17.4 Å². The summed E-state index contributed by atoms with van der Waals surface area (Å²) < 4.78 is 26.7. The summed E-state index contributed by atoms with van der Waals surface area (Å²) in [6.45, 7) is 0. The molecule has 0 fully saturated rings. The standard InChI is InChI=1S/C12H7ClF2O/c13-9-4-2-1-3-7(9)8-5-6-10(16)12(15)11(8)14/h1-6,16H. The van der Waals surface area contributed by atoms with Crippen LogP contribution in [-0.4, -0.2) is 5.11 Å². The van der Waals surface area contributed by atoms with Crippen LogP contribution in [0, 0.1) is 11.6 Å². The van der Waals surface area contributed by atoms with Crippen LogP contribution in [0.4, 0.5) is 8.78 Å². The first-order valence-electron chi connectivity index (χ1n) is 4.53. The maximum absolute atomic E-state index is 13.5. The fraction of sp³-hybridized carbons (Fsp3) is 0. The molecule has 0 aromatic heterocycles. The van der Waals surface area contributed by atoms with Gasteiger partial charge in [-0.15, -0.1) is 0 Å². The Bertz CT molecular complexity index is 541. The molecule has 2 aromatic rings. The number of hydrogen-bond acceptors (Lipinski definition) is 1. The zero-order valence-electron chi connectivity index (χ0n) is 8.05. The van der Waals surface area contributed by atoms with Gasteiger partial charge < -0.3 is 5.11 Å². The van der Waals surface area contributed by atoms with Crippen molar-refractivity contribution in [1.82, 2.24) is 0 Å². The van der Waals surface area contributed by atoms with E-state index >= 15 is 0 Å². The molecule has 16 heavy (non-hydrogen) atoms. The second-order valence-electron chi connectivity index (χ2n) is 3.24. The molecular weight excluding hydrogens is 234 g/mol. The van der Waals surface area contributed by atoms with Gasteiger partial charge in [0.1, 0.15) is 0 Å². The largest absolute Gasteiger partial charge is 0.505 e. The highest BCUT2D eigenvalue weighted by molar-refractivity contribution is 6.33. The van der Waals surface area contributed by atoms with E-state index in [1.165, 1.54) is 6.07 Å². The number of rotatable bonds is 1. The number of phenols is 1. The Morgan fingerprint density at radius 1 is 0.875 bits per heavy atom. The lowest BCUT2D eigenvalue weighted by Crippen LogP contribution is -1.90. The Morgan fingerprint density at radius 2 is 1.56 bits per heavy atom. The highest BCUT2D eigenvalue weighted by atomic mass is 35.5. The Kier molecular flexibility index (Phi) is 2.79. The van der Waals surface area contributed by atoms with Gasteiger partial charge >= 0.3 is 0 Å². The summed E-state index contributed by atoms with van der Waals surface area (Å²) in [4.78, 5) is 0. The van der Waals surface area contributed by atoms with Gasteiger partial charge in [0.05, 0.1) is 0 Å². The van der Waals surface area contributed by atoms with Gasteiger partial charge in [-0.25, -0.2) is 4.39 Å². The van der Waals surface area contributed by atoms with Gasteiger partial charge in [-0.1, -0.05) is 29.8 Å². The van der Waals surface area contributed by atoms with Gasteiger partial charge in [0.25, 0.3) is 0 Å². The maximum atomic E-state index is 13.5. The van der Waals surface area contributed by atoms with Crippen molar-refractivity contribution in [1.29, 1.82) is 0 Å². The molecule has 0 aliphatic heterocycles. The predicted molar refractivity (Wildman–Crippen MR) is 58.5 cm³/mol. The summed E-state index contributed by atoms with van der Waals surface area (Å²) >= 11 is 5.87.